The minimum absolute atomic E-state index is 0.00565. The molecular weight excluding hydrogens is 346 g/mol. The van der Waals surface area contributed by atoms with Crippen molar-refractivity contribution in [1.29, 1.82) is 0 Å². The highest BCUT2D eigenvalue weighted by atomic mass is 32.2. The molecule has 1 aromatic heterocycles. The van der Waals surface area contributed by atoms with Crippen LogP contribution < -0.4 is 5.32 Å². The lowest BCUT2D eigenvalue weighted by Gasteiger charge is -2.22. The molecule has 3 rings (SSSR count). The van der Waals surface area contributed by atoms with E-state index in [4.69, 9.17) is 0 Å². The molecule has 1 atom stereocenters. The summed E-state index contributed by atoms with van der Waals surface area (Å²) >= 11 is 0. The van der Waals surface area contributed by atoms with Gasteiger partial charge in [0.15, 0.2) is 9.84 Å². The maximum atomic E-state index is 12.7. The van der Waals surface area contributed by atoms with Crippen LogP contribution in [0.1, 0.15) is 62.0 Å². The predicted molar refractivity (Wildman–Crippen MR) is 105 cm³/mol. The van der Waals surface area contributed by atoms with Crippen molar-refractivity contribution in [3.63, 3.8) is 0 Å². The van der Waals surface area contributed by atoms with Crippen molar-refractivity contribution in [1.82, 2.24) is 9.97 Å². The van der Waals surface area contributed by atoms with Crippen LogP contribution in [0, 0.1) is 6.92 Å². The number of nitrogens with one attached hydrogen (secondary N) is 1. The normalized spacial score (nSPS) is 17.0. The Kier molecular flexibility index (Phi) is 5.91. The van der Waals surface area contributed by atoms with Crippen molar-refractivity contribution < 1.29 is 8.42 Å². The van der Waals surface area contributed by atoms with Gasteiger partial charge in [-0.05, 0) is 44.4 Å². The number of nitrogens with zero attached hydrogens (tertiary/aromatic N) is 2. The van der Waals surface area contributed by atoms with Crippen LogP contribution in [-0.2, 0) is 15.6 Å². The molecule has 140 valence electrons. The molecular formula is C20H27N3O2S. The molecule has 6 heteroatoms. The molecule has 1 saturated carbocycles. The van der Waals surface area contributed by atoms with E-state index >= 15 is 0 Å². The smallest absolute Gasteiger partial charge is 0.157 e. The fourth-order valence-electron chi connectivity index (χ4n) is 3.69. The first-order chi connectivity index (χ1) is 12.5. The van der Waals surface area contributed by atoms with Crippen LogP contribution in [0.3, 0.4) is 0 Å². The van der Waals surface area contributed by atoms with Crippen LogP contribution in [0.4, 0.5) is 5.69 Å². The van der Waals surface area contributed by atoms with E-state index in [1.54, 1.807) is 12.4 Å². The third-order valence-corrected chi connectivity index (χ3v) is 7.29. The molecule has 5 nitrogen and oxygen atoms in total. The molecule has 0 bridgehead atoms. The average Bonchev–Trinajstić information content (AvgIpc) is 2.63. The van der Waals surface area contributed by atoms with Crippen molar-refractivity contribution >= 4 is 15.5 Å². The van der Waals surface area contributed by atoms with Crippen molar-refractivity contribution in [3.8, 4) is 0 Å². The molecule has 1 aliphatic rings. The molecule has 1 aliphatic carbocycles. The Balaban J connectivity index is 1.71. The van der Waals surface area contributed by atoms with E-state index in [-0.39, 0.29) is 17.0 Å². The monoisotopic (exact) mass is 373 g/mol. The van der Waals surface area contributed by atoms with Gasteiger partial charge in [0.1, 0.15) is 0 Å². The van der Waals surface area contributed by atoms with Gasteiger partial charge in [-0.3, -0.25) is 9.97 Å². The zero-order chi connectivity index (χ0) is 18.6. The summed E-state index contributed by atoms with van der Waals surface area (Å²) in [6.45, 7) is 3.97. The number of sulfone groups is 1. The summed E-state index contributed by atoms with van der Waals surface area (Å²) in [6.07, 6.45) is 8.20. The predicted octanol–water partition coefficient (Wildman–Crippen LogP) is 4.21. The SMILES string of the molecule is Cc1nccnc1C(C)Nc1cccc(CS(=O)(=O)C2CCCCC2)c1. The molecule has 0 amide bonds. The number of benzene rings is 1. The average molecular weight is 374 g/mol. The van der Waals surface area contributed by atoms with Crippen LogP contribution in [0.2, 0.25) is 0 Å². The Labute approximate surface area is 156 Å². The Morgan fingerprint density at radius 3 is 2.62 bits per heavy atom. The Bertz CT molecular complexity index is 846. The fraction of sp³-hybridized carbons (Fsp3) is 0.500. The highest BCUT2D eigenvalue weighted by molar-refractivity contribution is 7.91. The maximum Gasteiger partial charge on any atom is 0.157 e. The number of hydrogen-bond acceptors (Lipinski definition) is 5. The first kappa shape index (κ1) is 18.8. The minimum Gasteiger partial charge on any atom is -0.377 e. The van der Waals surface area contributed by atoms with Crippen LogP contribution in [0.5, 0.6) is 0 Å². The van der Waals surface area contributed by atoms with Gasteiger partial charge in [0, 0.05) is 18.1 Å². The summed E-state index contributed by atoms with van der Waals surface area (Å²) in [6, 6.07) is 7.68. The summed E-state index contributed by atoms with van der Waals surface area (Å²) in [5.74, 6) is 0.117. The molecule has 26 heavy (non-hydrogen) atoms. The van der Waals surface area contributed by atoms with E-state index in [0.717, 1.165) is 54.7 Å². The fourth-order valence-corrected chi connectivity index (χ4v) is 5.62. The van der Waals surface area contributed by atoms with Gasteiger partial charge in [-0.2, -0.15) is 0 Å². The van der Waals surface area contributed by atoms with Gasteiger partial charge in [0.25, 0.3) is 0 Å². The molecule has 0 saturated heterocycles. The van der Waals surface area contributed by atoms with Crippen LogP contribution in [0.15, 0.2) is 36.7 Å². The van der Waals surface area contributed by atoms with Gasteiger partial charge in [0.2, 0.25) is 0 Å². The van der Waals surface area contributed by atoms with Gasteiger partial charge in [0.05, 0.1) is 28.4 Å². The van der Waals surface area contributed by atoms with E-state index < -0.39 is 9.84 Å². The number of anilines is 1. The Hall–Kier alpha value is -1.95. The highest BCUT2D eigenvalue weighted by Crippen LogP contribution is 2.27. The second-order valence-corrected chi connectivity index (χ2v) is 9.44. The van der Waals surface area contributed by atoms with Gasteiger partial charge < -0.3 is 5.32 Å². The van der Waals surface area contributed by atoms with Crippen molar-refractivity contribution in [2.45, 2.75) is 63.0 Å². The maximum absolute atomic E-state index is 12.7. The highest BCUT2D eigenvalue weighted by Gasteiger charge is 2.27. The van der Waals surface area contributed by atoms with Gasteiger partial charge >= 0.3 is 0 Å². The zero-order valence-electron chi connectivity index (χ0n) is 15.5. The third-order valence-electron chi connectivity index (χ3n) is 5.07. The second kappa shape index (κ2) is 8.16. The van der Waals surface area contributed by atoms with E-state index in [9.17, 15) is 8.42 Å². The summed E-state index contributed by atoms with van der Waals surface area (Å²) < 4.78 is 25.4. The van der Waals surface area contributed by atoms with Crippen molar-refractivity contribution in [2.75, 3.05) is 5.32 Å². The number of hydrogen-bond donors (Lipinski definition) is 1. The Morgan fingerprint density at radius 2 is 1.88 bits per heavy atom. The molecule has 2 aromatic rings. The van der Waals surface area contributed by atoms with Gasteiger partial charge in [-0.1, -0.05) is 31.4 Å². The number of rotatable bonds is 6. The lowest BCUT2D eigenvalue weighted by Crippen LogP contribution is -2.25. The standard InChI is InChI=1S/C20H27N3O2S/c1-15-20(22-12-11-21-15)16(2)23-18-8-6-7-17(13-18)14-26(24,25)19-9-4-3-5-10-19/h6-8,11-13,16,19,23H,3-5,9-10,14H2,1-2H3. The van der Waals surface area contributed by atoms with Crippen LogP contribution in [0.25, 0.3) is 0 Å². The number of aromatic nitrogens is 2. The second-order valence-electron chi connectivity index (χ2n) is 7.16. The Morgan fingerprint density at radius 1 is 1.15 bits per heavy atom. The lowest BCUT2D eigenvalue weighted by molar-refractivity contribution is 0.483. The quantitative estimate of drug-likeness (QED) is 0.821. The zero-order valence-corrected chi connectivity index (χ0v) is 16.3. The van der Waals surface area contributed by atoms with Gasteiger partial charge in [-0.15, -0.1) is 0 Å². The first-order valence-corrected chi connectivity index (χ1v) is 11.0. The lowest BCUT2D eigenvalue weighted by atomic mass is 10.0. The molecule has 1 N–H and O–H groups in total. The number of aryl methyl sites for hydroxylation is 1. The summed E-state index contributed by atoms with van der Waals surface area (Å²) in [5.41, 5.74) is 3.53. The van der Waals surface area contributed by atoms with Crippen LogP contribution >= 0.6 is 0 Å². The van der Waals surface area contributed by atoms with Crippen LogP contribution in [-0.4, -0.2) is 23.6 Å². The van der Waals surface area contributed by atoms with E-state index in [1.165, 1.54) is 0 Å². The molecule has 1 unspecified atom stereocenters. The molecule has 1 aromatic carbocycles. The van der Waals surface area contributed by atoms with E-state index in [0.29, 0.717) is 0 Å². The third kappa shape index (κ3) is 4.61. The summed E-state index contributed by atoms with van der Waals surface area (Å²) in [7, 11) is -3.09. The topological polar surface area (TPSA) is 72.0 Å². The molecule has 1 heterocycles. The van der Waals surface area contributed by atoms with Crippen molar-refractivity contribution in [3.05, 3.63) is 53.6 Å². The molecule has 0 radical (unpaired) electrons. The van der Waals surface area contributed by atoms with Gasteiger partial charge in [-0.25, -0.2) is 8.42 Å². The summed E-state index contributed by atoms with van der Waals surface area (Å²) in [5, 5.41) is 3.24. The molecule has 0 spiro atoms. The minimum atomic E-state index is -3.09. The largest absolute Gasteiger partial charge is 0.377 e. The first-order valence-electron chi connectivity index (χ1n) is 9.30. The van der Waals surface area contributed by atoms with Crippen molar-refractivity contribution in [2.24, 2.45) is 0 Å². The molecule has 0 aliphatic heterocycles. The van der Waals surface area contributed by atoms with E-state index in [2.05, 4.69) is 15.3 Å². The molecule has 1 fully saturated rings. The van der Waals surface area contributed by atoms with E-state index in [1.807, 2.05) is 38.1 Å². The summed E-state index contributed by atoms with van der Waals surface area (Å²) in [4.78, 5) is 8.67.